The Kier molecular flexibility index (Phi) is 4.91. The number of hydrogen-bond donors (Lipinski definition) is 1. The highest BCUT2D eigenvalue weighted by molar-refractivity contribution is 8.04. The molecule has 4 nitrogen and oxygen atoms in total. The van der Waals surface area contributed by atoms with Crippen LogP contribution in [-0.2, 0) is 16.0 Å². The van der Waals surface area contributed by atoms with Gasteiger partial charge in [0.1, 0.15) is 0 Å². The van der Waals surface area contributed by atoms with Crippen LogP contribution in [0.2, 0.25) is 0 Å². The largest absolute Gasteiger partial charge is 0.373 e. The molecule has 3 aromatic rings. The second-order valence-corrected chi connectivity index (χ2v) is 8.85. The van der Waals surface area contributed by atoms with E-state index in [4.69, 9.17) is 0 Å². The van der Waals surface area contributed by atoms with Crippen LogP contribution in [0.4, 0.5) is 11.4 Å². The minimum atomic E-state index is -0.400. The number of nitrogens with one attached hydrogen (secondary N) is 1. The lowest BCUT2D eigenvalue weighted by molar-refractivity contribution is -0.120. The smallest absolute Gasteiger partial charge is 0.272 e. The molecule has 1 atom stereocenters. The number of fused-ring (bicyclic) bond motifs is 1. The van der Waals surface area contributed by atoms with E-state index in [-0.39, 0.29) is 11.8 Å². The number of thioether (sulfide) groups is 1. The van der Waals surface area contributed by atoms with Crippen molar-refractivity contribution in [2.45, 2.75) is 31.2 Å². The molecule has 0 unspecified atom stereocenters. The molecule has 3 aromatic carbocycles. The number of hydrogen-bond acceptors (Lipinski definition) is 4. The number of para-hydroxylation sites is 1. The molecule has 1 N–H and O–H groups in total. The summed E-state index contributed by atoms with van der Waals surface area (Å²) in [6.07, 6.45) is 0.906. The van der Waals surface area contributed by atoms with Crippen molar-refractivity contribution in [2.24, 2.45) is 0 Å². The Hall–Kier alpha value is -3.31. The molecule has 2 amide bonds. The third-order valence-electron chi connectivity index (χ3n) is 5.78. The van der Waals surface area contributed by atoms with Crippen molar-refractivity contribution in [3.8, 4) is 0 Å². The first-order valence-corrected chi connectivity index (χ1v) is 11.2. The molecule has 2 heterocycles. The number of benzene rings is 3. The van der Waals surface area contributed by atoms with Gasteiger partial charge >= 0.3 is 0 Å². The average Bonchev–Trinajstić information content (AvgIpc) is 2.93. The Balaban J connectivity index is 1.63. The Morgan fingerprint density at radius 2 is 1.61 bits per heavy atom. The van der Waals surface area contributed by atoms with Crippen molar-refractivity contribution < 1.29 is 9.59 Å². The predicted octanol–water partition coefficient (Wildman–Crippen LogP) is 5.64. The van der Waals surface area contributed by atoms with Gasteiger partial charge in [-0.25, -0.2) is 4.90 Å². The number of rotatable bonds is 3. The Bertz CT molecular complexity index is 1210. The van der Waals surface area contributed by atoms with E-state index in [2.05, 4.69) is 12.2 Å². The van der Waals surface area contributed by atoms with Gasteiger partial charge in [-0.05, 0) is 48.7 Å². The molecule has 0 fully saturated rings. The van der Waals surface area contributed by atoms with E-state index < -0.39 is 6.04 Å². The van der Waals surface area contributed by atoms with E-state index >= 15 is 0 Å². The lowest BCUT2D eigenvalue weighted by atomic mass is 9.97. The van der Waals surface area contributed by atoms with E-state index in [1.54, 1.807) is 0 Å². The fraction of sp³-hybridized carbons (Fsp3) is 0.154. The number of imide groups is 1. The summed E-state index contributed by atoms with van der Waals surface area (Å²) >= 11 is 1.37. The van der Waals surface area contributed by atoms with Gasteiger partial charge in [0, 0.05) is 10.6 Å². The number of carbonyl (C=O) groups is 2. The highest BCUT2D eigenvalue weighted by Crippen LogP contribution is 2.48. The van der Waals surface area contributed by atoms with Crippen molar-refractivity contribution in [1.29, 1.82) is 0 Å². The highest BCUT2D eigenvalue weighted by atomic mass is 32.2. The first kappa shape index (κ1) is 19.6. The van der Waals surface area contributed by atoms with Gasteiger partial charge in [-0.15, -0.1) is 0 Å². The second-order valence-electron chi connectivity index (χ2n) is 7.79. The second kappa shape index (κ2) is 7.75. The molecule has 0 radical (unpaired) electrons. The van der Waals surface area contributed by atoms with Crippen LogP contribution in [0, 0.1) is 6.92 Å². The third-order valence-corrected chi connectivity index (χ3v) is 6.95. The Labute approximate surface area is 186 Å². The number of aryl methyl sites for hydroxylation is 2. The van der Waals surface area contributed by atoms with Crippen LogP contribution < -0.4 is 10.2 Å². The Morgan fingerprint density at radius 1 is 0.903 bits per heavy atom. The maximum Gasteiger partial charge on any atom is 0.272 e. The molecule has 2 aliphatic rings. The molecule has 0 bridgehead atoms. The standard InChI is InChI=1S/C26H22N2O2S/c1-3-17-10-14-19(15-11-17)28-25(29)22-23(18-12-8-16(2)9-13-18)27-20-6-4-5-7-21(20)31-24(22)26(28)30/h4-15,23,27H,3H2,1-2H3/t23-/m1/s1. The zero-order chi connectivity index (χ0) is 21.5. The topological polar surface area (TPSA) is 49.4 Å². The Morgan fingerprint density at radius 3 is 2.32 bits per heavy atom. The van der Waals surface area contributed by atoms with Crippen LogP contribution in [0.25, 0.3) is 0 Å². The number of nitrogens with zero attached hydrogens (tertiary/aromatic N) is 1. The van der Waals surface area contributed by atoms with Crippen LogP contribution in [0.15, 0.2) is 88.2 Å². The number of amides is 2. The predicted molar refractivity (Wildman–Crippen MR) is 125 cm³/mol. The molecule has 0 saturated carbocycles. The van der Waals surface area contributed by atoms with Crippen LogP contribution in [-0.4, -0.2) is 11.8 Å². The molecule has 0 spiro atoms. The summed E-state index contributed by atoms with van der Waals surface area (Å²) in [4.78, 5) is 29.9. The van der Waals surface area contributed by atoms with Crippen LogP contribution >= 0.6 is 11.8 Å². The summed E-state index contributed by atoms with van der Waals surface area (Å²) < 4.78 is 0. The van der Waals surface area contributed by atoms with Gasteiger partial charge in [-0.2, -0.15) is 0 Å². The molecule has 0 aliphatic carbocycles. The highest BCUT2D eigenvalue weighted by Gasteiger charge is 2.45. The molecule has 154 valence electrons. The number of anilines is 2. The maximum atomic E-state index is 13.7. The monoisotopic (exact) mass is 426 g/mol. The molecule has 0 saturated heterocycles. The van der Waals surface area contributed by atoms with Gasteiger partial charge in [0.15, 0.2) is 0 Å². The minimum absolute atomic E-state index is 0.259. The molecule has 0 aromatic heterocycles. The van der Waals surface area contributed by atoms with Gasteiger partial charge < -0.3 is 5.32 Å². The summed E-state index contributed by atoms with van der Waals surface area (Å²) in [6, 6.07) is 23.2. The average molecular weight is 427 g/mol. The zero-order valence-corrected chi connectivity index (χ0v) is 18.2. The fourth-order valence-corrected chi connectivity index (χ4v) is 5.11. The third kappa shape index (κ3) is 3.35. The van der Waals surface area contributed by atoms with E-state index in [0.717, 1.165) is 28.1 Å². The normalized spacial score (nSPS) is 17.9. The fourth-order valence-electron chi connectivity index (χ4n) is 4.02. The molecule has 5 heteroatoms. The maximum absolute atomic E-state index is 13.7. The van der Waals surface area contributed by atoms with Gasteiger partial charge in [0.05, 0.1) is 22.2 Å². The van der Waals surface area contributed by atoms with Crippen molar-refractivity contribution in [1.82, 2.24) is 0 Å². The first-order chi connectivity index (χ1) is 15.1. The lowest BCUT2D eigenvalue weighted by Gasteiger charge is -2.23. The molecular weight excluding hydrogens is 404 g/mol. The van der Waals surface area contributed by atoms with Crippen LogP contribution in [0.5, 0.6) is 0 Å². The van der Waals surface area contributed by atoms with Crippen LogP contribution in [0.3, 0.4) is 0 Å². The summed E-state index contributed by atoms with van der Waals surface area (Å²) in [5.74, 6) is -0.521. The SMILES string of the molecule is CCc1ccc(N2C(=O)C3=C(C2=O)[C@@H](c2ccc(C)cc2)Nc2ccccc2S3)cc1. The summed E-state index contributed by atoms with van der Waals surface area (Å²) in [5.41, 5.74) is 5.31. The first-order valence-electron chi connectivity index (χ1n) is 10.4. The molecule has 5 rings (SSSR count). The van der Waals surface area contributed by atoms with E-state index in [1.807, 2.05) is 79.7 Å². The van der Waals surface area contributed by atoms with E-state index in [9.17, 15) is 9.59 Å². The minimum Gasteiger partial charge on any atom is -0.373 e. The molecule has 31 heavy (non-hydrogen) atoms. The van der Waals surface area contributed by atoms with Gasteiger partial charge in [-0.1, -0.05) is 72.8 Å². The lowest BCUT2D eigenvalue weighted by Crippen LogP contribution is -2.33. The van der Waals surface area contributed by atoms with Crippen molar-refractivity contribution >= 4 is 35.0 Å². The molecular formula is C26H22N2O2S. The van der Waals surface area contributed by atoms with Crippen molar-refractivity contribution in [3.63, 3.8) is 0 Å². The van der Waals surface area contributed by atoms with E-state index in [1.165, 1.54) is 22.2 Å². The van der Waals surface area contributed by atoms with Gasteiger partial charge in [-0.3, -0.25) is 9.59 Å². The van der Waals surface area contributed by atoms with E-state index in [0.29, 0.717) is 16.2 Å². The summed E-state index contributed by atoms with van der Waals surface area (Å²) in [5, 5.41) is 3.53. The summed E-state index contributed by atoms with van der Waals surface area (Å²) in [7, 11) is 0. The van der Waals surface area contributed by atoms with Crippen LogP contribution in [0.1, 0.15) is 29.7 Å². The van der Waals surface area contributed by atoms with Gasteiger partial charge in [0.25, 0.3) is 11.8 Å². The van der Waals surface area contributed by atoms with Crippen molar-refractivity contribution in [2.75, 3.05) is 10.2 Å². The number of carbonyl (C=O) groups excluding carboxylic acids is 2. The quantitative estimate of drug-likeness (QED) is 0.551. The van der Waals surface area contributed by atoms with Gasteiger partial charge in [0.2, 0.25) is 0 Å². The zero-order valence-electron chi connectivity index (χ0n) is 17.4. The molecule has 2 aliphatic heterocycles. The summed E-state index contributed by atoms with van der Waals surface area (Å²) in [6.45, 7) is 4.11. The van der Waals surface area contributed by atoms with Crippen molar-refractivity contribution in [3.05, 3.63) is 100.0 Å².